The summed E-state index contributed by atoms with van der Waals surface area (Å²) in [6, 6.07) is 0. The molecule has 0 aromatic carbocycles. The Labute approximate surface area is 54.9 Å². The molecule has 0 saturated carbocycles. The summed E-state index contributed by atoms with van der Waals surface area (Å²) in [5.74, 6) is 0. The first kappa shape index (κ1) is 6.99. The highest BCUT2D eigenvalue weighted by molar-refractivity contribution is 4.79. The molecule has 1 radical (unpaired) electrons. The standard InChI is InChI=1S/C6H12NO2/c1-5(8)2-7-3-6(9)4-7/h5-6,8H,2-4H2,1H3. The van der Waals surface area contributed by atoms with Gasteiger partial charge in [-0.05, 0) is 6.92 Å². The van der Waals surface area contributed by atoms with Gasteiger partial charge in [0.2, 0.25) is 0 Å². The Morgan fingerprint density at radius 3 is 2.67 bits per heavy atom. The smallest absolute Gasteiger partial charge is 0.118 e. The first-order chi connectivity index (χ1) is 4.18. The molecule has 3 nitrogen and oxygen atoms in total. The van der Waals surface area contributed by atoms with Crippen LogP contribution in [0.15, 0.2) is 0 Å². The third-order valence-corrected chi connectivity index (χ3v) is 1.45. The molecule has 0 amide bonds. The summed E-state index contributed by atoms with van der Waals surface area (Å²) in [5.41, 5.74) is 0. The van der Waals surface area contributed by atoms with Crippen molar-refractivity contribution >= 4 is 0 Å². The average molecular weight is 130 g/mol. The van der Waals surface area contributed by atoms with Crippen molar-refractivity contribution in [2.24, 2.45) is 0 Å². The van der Waals surface area contributed by atoms with Crippen molar-refractivity contribution in [2.45, 2.75) is 19.1 Å². The summed E-state index contributed by atoms with van der Waals surface area (Å²) < 4.78 is 0. The van der Waals surface area contributed by atoms with Crippen molar-refractivity contribution in [3.63, 3.8) is 0 Å². The highest BCUT2D eigenvalue weighted by Crippen LogP contribution is 2.07. The predicted octanol–water partition coefficient (Wildman–Crippen LogP) is -0.518. The number of hydrogen-bond donors (Lipinski definition) is 1. The molecular formula is C6H12NO2. The third-order valence-electron chi connectivity index (χ3n) is 1.45. The molecule has 1 unspecified atom stereocenters. The number of rotatable bonds is 2. The molecule has 0 aliphatic carbocycles. The lowest BCUT2D eigenvalue weighted by molar-refractivity contribution is -0.0565. The molecule has 3 heteroatoms. The van der Waals surface area contributed by atoms with E-state index in [4.69, 9.17) is 5.11 Å². The van der Waals surface area contributed by atoms with E-state index >= 15 is 0 Å². The highest BCUT2D eigenvalue weighted by Gasteiger charge is 2.25. The number of aliphatic hydroxyl groups excluding tert-OH is 1. The molecule has 9 heavy (non-hydrogen) atoms. The molecule has 0 bridgehead atoms. The van der Waals surface area contributed by atoms with Crippen molar-refractivity contribution in [1.82, 2.24) is 4.90 Å². The van der Waals surface area contributed by atoms with E-state index in [0.717, 1.165) is 0 Å². The van der Waals surface area contributed by atoms with Gasteiger partial charge in [0.25, 0.3) is 0 Å². The van der Waals surface area contributed by atoms with Crippen LogP contribution in [0.1, 0.15) is 6.92 Å². The maximum atomic E-state index is 10.5. The van der Waals surface area contributed by atoms with Crippen LogP contribution in [0.4, 0.5) is 0 Å². The summed E-state index contributed by atoms with van der Waals surface area (Å²) in [5, 5.41) is 19.3. The van der Waals surface area contributed by atoms with Gasteiger partial charge in [0.05, 0.1) is 6.10 Å². The van der Waals surface area contributed by atoms with Crippen LogP contribution in [-0.2, 0) is 5.11 Å². The van der Waals surface area contributed by atoms with E-state index in [9.17, 15) is 5.11 Å². The van der Waals surface area contributed by atoms with Gasteiger partial charge >= 0.3 is 0 Å². The number of likely N-dealkylation sites (tertiary alicyclic amines) is 1. The average Bonchev–Trinajstić information content (AvgIpc) is 1.60. The largest absolute Gasteiger partial charge is 0.392 e. The van der Waals surface area contributed by atoms with Gasteiger partial charge < -0.3 is 5.11 Å². The lowest BCUT2D eigenvalue weighted by Gasteiger charge is -2.34. The summed E-state index contributed by atoms with van der Waals surface area (Å²) in [4.78, 5) is 1.96. The van der Waals surface area contributed by atoms with Crippen LogP contribution < -0.4 is 0 Å². The molecule has 1 saturated heterocycles. The van der Waals surface area contributed by atoms with E-state index in [2.05, 4.69) is 0 Å². The van der Waals surface area contributed by atoms with Crippen LogP contribution in [0.3, 0.4) is 0 Å². The second-order valence-corrected chi connectivity index (χ2v) is 2.69. The zero-order valence-electron chi connectivity index (χ0n) is 5.58. The molecule has 0 aromatic rings. The molecule has 1 N–H and O–H groups in total. The van der Waals surface area contributed by atoms with Crippen molar-refractivity contribution in [3.05, 3.63) is 0 Å². The lowest BCUT2D eigenvalue weighted by atomic mass is 10.1. The van der Waals surface area contributed by atoms with Crippen molar-refractivity contribution in [1.29, 1.82) is 0 Å². The first-order valence-electron chi connectivity index (χ1n) is 3.24. The van der Waals surface area contributed by atoms with Gasteiger partial charge in [0.15, 0.2) is 0 Å². The van der Waals surface area contributed by atoms with Crippen LogP contribution in [0, 0.1) is 0 Å². The Kier molecular flexibility index (Phi) is 2.05. The summed E-state index contributed by atoms with van der Waals surface area (Å²) in [6.45, 7) is 3.62. The Morgan fingerprint density at radius 1 is 1.78 bits per heavy atom. The minimum atomic E-state index is -0.399. The molecule has 1 heterocycles. The quantitative estimate of drug-likeness (QED) is 0.546. The van der Waals surface area contributed by atoms with Crippen molar-refractivity contribution < 1.29 is 10.2 Å². The Bertz CT molecular complexity index is 89.1. The van der Waals surface area contributed by atoms with Crippen LogP contribution >= 0.6 is 0 Å². The van der Waals surface area contributed by atoms with E-state index in [0.29, 0.717) is 19.6 Å². The second kappa shape index (κ2) is 2.64. The summed E-state index contributed by atoms with van der Waals surface area (Å²) in [7, 11) is 0. The normalized spacial score (nSPS) is 25.7. The van der Waals surface area contributed by atoms with Gasteiger partial charge in [0, 0.05) is 19.6 Å². The minimum Gasteiger partial charge on any atom is -0.392 e. The molecule has 1 aliphatic rings. The van der Waals surface area contributed by atoms with Gasteiger partial charge in [-0.3, -0.25) is 4.90 Å². The van der Waals surface area contributed by atoms with Crippen molar-refractivity contribution in [3.8, 4) is 0 Å². The monoisotopic (exact) mass is 130 g/mol. The number of aliphatic hydroxyl groups is 1. The zero-order valence-corrected chi connectivity index (χ0v) is 5.58. The van der Waals surface area contributed by atoms with Crippen LogP contribution in [0.5, 0.6) is 0 Å². The molecule has 1 atom stereocenters. The fourth-order valence-electron chi connectivity index (χ4n) is 1.05. The number of nitrogens with zero attached hydrogens (tertiary/aromatic N) is 1. The predicted molar refractivity (Wildman–Crippen MR) is 32.6 cm³/mol. The van der Waals surface area contributed by atoms with Crippen LogP contribution in [0.2, 0.25) is 0 Å². The minimum absolute atomic E-state index is 0.294. The first-order valence-corrected chi connectivity index (χ1v) is 3.24. The summed E-state index contributed by atoms with van der Waals surface area (Å²) >= 11 is 0. The van der Waals surface area contributed by atoms with E-state index in [1.54, 1.807) is 6.92 Å². The van der Waals surface area contributed by atoms with Gasteiger partial charge in [-0.25, -0.2) is 5.11 Å². The molecule has 0 spiro atoms. The zero-order chi connectivity index (χ0) is 6.85. The molecular weight excluding hydrogens is 118 g/mol. The highest BCUT2D eigenvalue weighted by atomic mass is 16.3. The van der Waals surface area contributed by atoms with Crippen LogP contribution in [-0.4, -0.2) is 41.8 Å². The second-order valence-electron chi connectivity index (χ2n) is 2.69. The van der Waals surface area contributed by atoms with Gasteiger partial charge in [0.1, 0.15) is 6.10 Å². The van der Waals surface area contributed by atoms with E-state index in [1.165, 1.54) is 0 Å². The summed E-state index contributed by atoms with van der Waals surface area (Å²) in [6.07, 6.45) is -0.693. The van der Waals surface area contributed by atoms with Crippen LogP contribution in [0.25, 0.3) is 0 Å². The van der Waals surface area contributed by atoms with E-state index in [1.807, 2.05) is 4.90 Å². The number of hydrogen-bond acceptors (Lipinski definition) is 2. The molecule has 1 fully saturated rings. The fourth-order valence-corrected chi connectivity index (χ4v) is 1.05. The Hall–Kier alpha value is -0.120. The number of β-amino-alcohol motifs (C(OH)–C–C–N with tert-alkyl or cyclic N) is 1. The fraction of sp³-hybridized carbons (Fsp3) is 1.00. The molecule has 53 valence electrons. The lowest BCUT2D eigenvalue weighted by Crippen LogP contribution is -2.52. The molecule has 1 rings (SSSR count). The van der Waals surface area contributed by atoms with Gasteiger partial charge in [-0.15, -0.1) is 0 Å². The molecule has 0 aromatic heterocycles. The molecule has 1 aliphatic heterocycles. The maximum absolute atomic E-state index is 10.5. The maximum Gasteiger partial charge on any atom is 0.118 e. The van der Waals surface area contributed by atoms with E-state index < -0.39 is 6.10 Å². The van der Waals surface area contributed by atoms with Crippen molar-refractivity contribution in [2.75, 3.05) is 19.6 Å². The topological polar surface area (TPSA) is 43.4 Å². The Morgan fingerprint density at radius 2 is 2.33 bits per heavy atom. The van der Waals surface area contributed by atoms with Gasteiger partial charge in [-0.2, -0.15) is 0 Å². The third kappa shape index (κ3) is 1.93. The van der Waals surface area contributed by atoms with Gasteiger partial charge in [-0.1, -0.05) is 0 Å². The SMILES string of the molecule is CC(O)CN1CC([O])C1. The Balaban J connectivity index is 2.04. The van der Waals surface area contributed by atoms with E-state index in [-0.39, 0.29) is 6.10 Å².